The number of piperidine rings is 2. The lowest BCUT2D eigenvalue weighted by Crippen LogP contribution is -2.50. The lowest BCUT2D eigenvalue weighted by molar-refractivity contribution is -0.126. The summed E-state index contributed by atoms with van der Waals surface area (Å²) in [4.78, 5) is 29.5. The van der Waals surface area contributed by atoms with E-state index in [0.29, 0.717) is 12.0 Å². The summed E-state index contributed by atoms with van der Waals surface area (Å²) in [6.07, 6.45) is 3.96. The molecule has 0 spiro atoms. The average molecular weight is 386 g/mol. The molecule has 5 heteroatoms. The van der Waals surface area contributed by atoms with Crippen LogP contribution in [-0.2, 0) is 4.79 Å². The third kappa shape index (κ3) is 5.34. The monoisotopic (exact) mass is 385 g/mol. The third-order valence-corrected chi connectivity index (χ3v) is 6.15. The number of benzene rings is 1. The van der Waals surface area contributed by atoms with Crippen molar-refractivity contribution in [1.82, 2.24) is 15.1 Å². The molecule has 2 amide bonds. The van der Waals surface area contributed by atoms with E-state index < -0.39 is 0 Å². The number of amides is 2. The molecule has 2 fully saturated rings. The van der Waals surface area contributed by atoms with Gasteiger partial charge in [0.05, 0.1) is 0 Å². The summed E-state index contributed by atoms with van der Waals surface area (Å²) < 4.78 is 0. The highest BCUT2D eigenvalue weighted by atomic mass is 16.2. The van der Waals surface area contributed by atoms with Gasteiger partial charge in [-0.2, -0.15) is 0 Å². The second kappa shape index (κ2) is 9.55. The molecule has 1 aromatic carbocycles. The van der Waals surface area contributed by atoms with Crippen LogP contribution < -0.4 is 5.32 Å². The maximum absolute atomic E-state index is 12.7. The summed E-state index contributed by atoms with van der Waals surface area (Å²) in [5, 5.41) is 3.08. The first-order chi connectivity index (χ1) is 13.4. The molecular formula is C23H35N3O2. The highest BCUT2D eigenvalue weighted by Gasteiger charge is 2.31. The van der Waals surface area contributed by atoms with Crippen molar-refractivity contribution in [2.75, 3.05) is 32.7 Å². The van der Waals surface area contributed by atoms with Crippen molar-refractivity contribution in [3.05, 3.63) is 35.4 Å². The Morgan fingerprint density at radius 1 is 1.00 bits per heavy atom. The molecule has 5 nitrogen and oxygen atoms in total. The Morgan fingerprint density at radius 3 is 2.18 bits per heavy atom. The molecule has 154 valence electrons. The standard InChI is InChI=1S/C23H35N3O2/c1-17(2)16-24-22(27)19-8-12-25(13-9-19)21-10-14-26(15-11-21)23(28)20-6-4-18(3)5-7-20/h4-7,17,19,21H,8-16H2,1-3H3,(H,24,27). The van der Waals surface area contributed by atoms with Crippen LogP contribution in [0.4, 0.5) is 0 Å². The molecule has 2 aliphatic rings. The highest BCUT2D eigenvalue weighted by molar-refractivity contribution is 5.94. The summed E-state index contributed by atoms with van der Waals surface area (Å²) in [5.41, 5.74) is 1.97. The van der Waals surface area contributed by atoms with Crippen LogP contribution in [0.15, 0.2) is 24.3 Å². The first-order valence-corrected chi connectivity index (χ1v) is 10.8. The zero-order valence-electron chi connectivity index (χ0n) is 17.6. The fraction of sp³-hybridized carbons (Fsp3) is 0.652. The average Bonchev–Trinajstić information content (AvgIpc) is 2.72. The molecule has 1 aromatic rings. The van der Waals surface area contributed by atoms with Crippen molar-refractivity contribution in [3.63, 3.8) is 0 Å². The minimum absolute atomic E-state index is 0.152. The predicted octanol–water partition coefficient (Wildman–Crippen LogP) is 3.08. The van der Waals surface area contributed by atoms with Gasteiger partial charge in [-0.3, -0.25) is 9.59 Å². The van der Waals surface area contributed by atoms with Crippen molar-refractivity contribution in [2.45, 2.75) is 52.5 Å². The van der Waals surface area contributed by atoms with E-state index in [4.69, 9.17) is 0 Å². The van der Waals surface area contributed by atoms with Gasteiger partial charge in [-0.05, 0) is 63.7 Å². The first-order valence-electron chi connectivity index (χ1n) is 10.8. The van der Waals surface area contributed by atoms with E-state index in [9.17, 15) is 9.59 Å². The van der Waals surface area contributed by atoms with Crippen LogP contribution in [0, 0.1) is 18.8 Å². The van der Waals surface area contributed by atoms with E-state index in [1.807, 2.05) is 36.1 Å². The van der Waals surface area contributed by atoms with E-state index >= 15 is 0 Å². The molecule has 2 aliphatic heterocycles. The molecule has 0 radical (unpaired) electrons. The summed E-state index contributed by atoms with van der Waals surface area (Å²) in [6, 6.07) is 8.41. The molecule has 0 atom stereocenters. The Labute approximate surface area is 169 Å². The van der Waals surface area contributed by atoms with Crippen LogP contribution >= 0.6 is 0 Å². The maximum atomic E-state index is 12.7. The van der Waals surface area contributed by atoms with Crippen molar-refractivity contribution >= 4 is 11.8 Å². The molecule has 2 saturated heterocycles. The molecule has 28 heavy (non-hydrogen) atoms. The normalized spacial score (nSPS) is 19.8. The molecule has 0 unspecified atom stereocenters. The molecule has 1 N–H and O–H groups in total. The fourth-order valence-electron chi connectivity index (χ4n) is 4.29. The molecule has 3 rings (SSSR count). The Bertz CT molecular complexity index is 655. The van der Waals surface area contributed by atoms with Crippen molar-refractivity contribution < 1.29 is 9.59 Å². The van der Waals surface area contributed by atoms with E-state index in [-0.39, 0.29) is 17.7 Å². The first kappa shape index (κ1) is 20.8. The maximum Gasteiger partial charge on any atom is 0.253 e. The Hall–Kier alpha value is -1.88. The second-order valence-corrected chi connectivity index (χ2v) is 8.84. The number of likely N-dealkylation sites (tertiary alicyclic amines) is 2. The predicted molar refractivity (Wildman–Crippen MR) is 112 cm³/mol. The number of aryl methyl sites for hydroxylation is 1. The van der Waals surface area contributed by atoms with Crippen LogP contribution in [0.2, 0.25) is 0 Å². The van der Waals surface area contributed by atoms with Gasteiger partial charge in [0.1, 0.15) is 0 Å². The summed E-state index contributed by atoms with van der Waals surface area (Å²) in [7, 11) is 0. The van der Waals surface area contributed by atoms with Gasteiger partial charge in [-0.25, -0.2) is 0 Å². The van der Waals surface area contributed by atoms with Gasteiger partial charge < -0.3 is 15.1 Å². The van der Waals surface area contributed by atoms with E-state index in [0.717, 1.165) is 64.0 Å². The topological polar surface area (TPSA) is 52.7 Å². The summed E-state index contributed by atoms with van der Waals surface area (Å²) in [5.74, 6) is 1.04. The minimum atomic E-state index is 0.152. The quantitative estimate of drug-likeness (QED) is 0.847. The largest absolute Gasteiger partial charge is 0.356 e. The molecule has 0 bridgehead atoms. The Kier molecular flexibility index (Phi) is 7.11. The van der Waals surface area contributed by atoms with Crippen LogP contribution in [-0.4, -0.2) is 60.4 Å². The zero-order chi connectivity index (χ0) is 20.1. The van der Waals surface area contributed by atoms with Crippen LogP contribution in [0.25, 0.3) is 0 Å². The SMILES string of the molecule is Cc1ccc(C(=O)N2CCC(N3CCC(C(=O)NCC(C)C)CC3)CC2)cc1. The number of hydrogen-bond acceptors (Lipinski definition) is 3. The van der Waals surface area contributed by atoms with Crippen molar-refractivity contribution in [1.29, 1.82) is 0 Å². The zero-order valence-corrected chi connectivity index (χ0v) is 17.6. The Morgan fingerprint density at radius 2 is 1.61 bits per heavy atom. The van der Waals surface area contributed by atoms with E-state index in [1.54, 1.807) is 0 Å². The van der Waals surface area contributed by atoms with E-state index in [1.165, 1.54) is 5.56 Å². The number of hydrogen-bond donors (Lipinski definition) is 1. The van der Waals surface area contributed by atoms with Gasteiger partial charge in [0.15, 0.2) is 0 Å². The second-order valence-electron chi connectivity index (χ2n) is 8.84. The number of carbonyl (C=O) groups excluding carboxylic acids is 2. The van der Waals surface area contributed by atoms with Gasteiger partial charge >= 0.3 is 0 Å². The van der Waals surface area contributed by atoms with Crippen molar-refractivity contribution in [3.8, 4) is 0 Å². The number of carbonyl (C=O) groups is 2. The number of nitrogens with one attached hydrogen (secondary N) is 1. The van der Waals surface area contributed by atoms with Crippen LogP contribution in [0.5, 0.6) is 0 Å². The van der Waals surface area contributed by atoms with Gasteiger partial charge in [0, 0.05) is 37.2 Å². The minimum Gasteiger partial charge on any atom is -0.356 e. The summed E-state index contributed by atoms with van der Waals surface area (Å²) in [6.45, 7) is 10.7. The number of nitrogens with zero attached hydrogens (tertiary/aromatic N) is 2. The highest BCUT2D eigenvalue weighted by Crippen LogP contribution is 2.25. The molecule has 0 aromatic heterocycles. The van der Waals surface area contributed by atoms with Gasteiger partial charge in [-0.1, -0.05) is 31.5 Å². The molecular weight excluding hydrogens is 350 g/mol. The van der Waals surface area contributed by atoms with Gasteiger partial charge in [0.25, 0.3) is 5.91 Å². The number of rotatable bonds is 5. The smallest absolute Gasteiger partial charge is 0.253 e. The Balaban J connectivity index is 1.43. The van der Waals surface area contributed by atoms with E-state index in [2.05, 4.69) is 24.1 Å². The lowest BCUT2D eigenvalue weighted by Gasteiger charge is -2.41. The summed E-state index contributed by atoms with van der Waals surface area (Å²) >= 11 is 0. The van der Waals surface area contributed by atoms with Crippen molar-refractivity contribution in [2.24, 2.45) is 11.8 Å². The fourth-order valence-corrected chi connectivity index (χ4v) is 4.29. The van der Waals surface area contributed by atoms with Gasteiger partial charge in [0.2, 0.25) is 5.91 Å². The molecule has 2 heterocycles. The van der Waals surface area contributed by atoms with Gasteiger partial charge in [-0.15, -0.1) is 0 Å². The van der Waals surface area contributed by atoms with Crippen LogP contribution in [0.1, 0.15) is 55.5 Å². The molecule has 0 aliphatic carbocycles. The lowest BCUT2D eigenvalue weighted by atomic mass is 9.92. The third-order valence-electron chi connectivity index (χ3n) is 6.15. The van der Waals surface area contributed by atoms with Crippen LogP contribution in [0.3, 0.4) is 0 Å². The molecule has 0 saturated carbocycles.